The van der Waals surface area contributed by atoms with E-state index in [-0.39, 0.29) is 21.2 Å². The molecular weight excluding hydrogens is 588 g/mol. The SMILES string of the molecule is O=[N+]([O-])c1cccc(/C=C2\CCC(/C=N\N=C/C3=C(N4CCOCC4)C(=C/c4cccc([N+](=O)[O-])c4)/CC3)=C2N2CCOCC2)c1. The lowest BCUT2D eigenvalue weighted by Crippen LogP contribution is -2.36. The van der Waals surface area contributed by atoms with Crippen molar-refractivity contribution >= 4 is 36.0 Å². The van der Waals surface area contributed by atoms with E-state index in [1.165, 1.54) is 12.1 Å². The molecule has 12 heteroatoms. The molecule has 0 aromatic heterocycles. The summed E-state index contributed by atoms with van der Waals surface area (Å²) in [4.78, 5) is 26.5. The van der Waals surface area contributed by atoms with Gasteiger partial charge in [-0.2, -0.15) is 10.2 Å². The van der Waals surface area contributed by atoms with Crippen LogP contribution in [0.25, 0.3) is 12.2 Å². The Balaban J connectivity index is 1.28. The molecule has 2 aliphatic heterocycles. The summed E-state index contributed by atoms with van der Waals surface area (Å²) in [5, 5.41) is 31.7. The van der Waals surface area contributed by atoms with E-state index in [2.05, 4.69) is 20.0 Å². The first-order valence-electron chi connectivity index (χ1n) is 15.5. The molecule has 0 bridgehead atoms. The van der Waals surface area contributed by atoms with Gasteiger partial charge >= 0.3 is 0 Å². The van der Waals surface area contributed by atoms with Crippen LogP contribution in [0.1, 0.15) is 36.8 Å². The number of morpholine rings is 2. The zero-order valence-electron chi connectivity index (χ0n) is 25.5. The standard InChI is InChI=1S/C34H36N6O6/c41-39(42)31-5-1-3-25(21-31)19-27-7-9-29(33(27)37-11-15-45-16-12-37)23-35-36-24-30-10-8-28(34(30)38-13-17-46-18-14-38)20-26-4-2-6-32(22-26)40(43)44/h1-6,19-24H,7-18H2/b27-19+,28-20+,35-23-,36-24-. The number of non-ortho nitro benzene ring substituents is 2. The predicted molar refractivity (Wildman–Crippen MR) is 176 cm³/mol. The van der Waals surface area contributed by atoms with Crippen LogP contribution in [0.15, 0.2) is 92.4 Å². The first-order valence-corrected chi connectivity index (χ1v) is 15.5. The molecule has 4 aliphatic rings. The Hall–Kier alpha value is -4.94. The van der Waals surface area contributed by atoms with Crippen LogP contribution in [0, 0.1) is 20.2 Å². The van der Waals surface area contributed by atoms with Gasteiger partial charge in [-0.25, -0.2) is 0 Å². The van der Waals surface area contributed by atoms with Gasteiger partial charge in [0.1, 0.15) is 0 Å². The van der Waals surface area contributed by atoms with Crippen molar-refractivity contribution in [2.75, 3.05) is 52.6 Å². The van der Waals surface area contributed by atoms with Crippen LogP contribution in [0.2, 0.25) is 0 Å². The van der Waals surface area contributed by atoms with Gasteiger partial charge in [0.25, 0.3) is 11.4 Å². The van der Waals surface area contributed by atoms with Crippen LogP contribution >= 0.6 is 0 Å². The van der Waals surface area contributed by atoms with Crippen molar-refractivity contribution in [1.82, 2.24) is 9.80 Å². The summed E-state index contributed by atoms with van der Waals surface area (Å²) in [5.74, 6) is 0. The Morgan fingerprint density at radius 2 is 1.04 bits per heavy atom. The Labute approximate surface area is 267 Å². The molecule has 0 N–H and O–H groups in total. The van der Waals surface area contributed by atoms with Crippen LogP contribution in [0.3, 0.4) is 0 Å². The van der Waals surface area contributed by atoms with Crippen LogP contribution in [0.5, 0.6) is 0 Å². The van der Waals surface area contributed by atoms with E-state index in [0.29, 0.717) is 26.4 Å². The summed E-state index contributed by atoms with van der Waals surface area (Å²) in [6, 6.07) is 13.4. The second-order valence-electron chi connectivity index (χ2n) is 11.5. The molecule has 0 radical (unpaired) electrons. The number of ether oxygens (including phenoxy) is 2. The molecule has 0 saturated carbocycles. The van der Waals surface area contributed by atoms with Gasteiger partial charge in [0, 0.05) is 61.8 Å². The van der Waals surface area contributed by atoms with Gasteiger partial charge in [0.05, 0.1) is 48.7 Å². The molecule has 2 aromatic rings. The normalized spacial score (nSPS) is 21.1. The highest BCUT2D eigenvalue weighted by atomic mass is 16.6. The van der Waals surface area contributed by atoms with Crippen molar-refractivity contribution < 1.29 is 19.3 Å². The molecule has 0 atom stereocenters. The number of benzene rings is 2. The minimum Gasteiger partial charge on any atom is -0.378 e. The average molecular weight is 625 g/mol. The molecule has 0 unspecified atom stereocenters. The molecule has 2 saturated heterocycles. The topological polar surface area (TPSA) is 136 Å². The smallest absolute Gasteiger partial charge is 0.270 e. The number of rotatable bonds is 9. The van der Waals surface area contributed by atoms with Gasteiger partial charge in [-0.1, -0.05) is 24.3 Å². The van der Waals surface area contributed by atoms with Gasteiger partial charge < -0.3 is 19.3 Å². The summed E-state index contributed by atoms with van der Waals surface area (Å²) in [6.07, 6.45) is 10.9. The molecule has 6 rings (SSSR count). The van der Waals surface area contributed by atoms with E-state index in [4.69, 9.17) is 9.47 Å². The first-order chi connectivity index (χ1) is 22.5. The second-order valence-corrected chi connectivity index (χ2v) is 11.5. The van der Waals surface area contributed by atoms with Crippen molar-refractivity contribution in [3.8, 4) is 0 Å². The van der Waals surface area contributed by atoms with Crippen molar-refractivity contribution in [2.45, 2.75) is 25.7 Å². The Bertz CT molecular complexity index is 1550. The third-order valence-electron chi connectivity index (χ3n) is 8.54. The molecular formula is C34H36N6O6. The van der Waals surface area contributed by atoms with Crippen LogP contribution in [0.4, 0.5) is 11.4 Å². The van der Waals surface area contributed by atoms with Gasteiger partial charge in [-0.15, -0.1) is 0 Å². The van der Waals surface area contributed by atoms with Crippen molar-refractivity contribution in [3.05, 3.63) is 114 Å². The number of hydrogen-bond acceptors (Lipinski definition) is 10. The lowest BCUT2D eigenvalue weighted by Gasteiger charge is -2.31. The summed E-state index contributed by atoms with van der Waals surface area (Å²) in [5.41, 5.74) is 8.34. The maximum atomic E-state index is 11.3. The number of hydrogen-bond donors (Lipinski definition) is 0. The minimum atomic E-state index is -0.373. The maximum Gasteiger partial charge on any atom is 0.270 e. The molecule has 2 aromatic carbocycles. The number of allylic oxidation sites excluding steroid dienone is 4. The molecule has 46 heavy (non-hydrogen) atoms. The lowest BCUT2D eigenvalue weighted by molar-refractivity contribution is -0.385. The number of nitrogens with zero attached hydrogens (tertiary/aromatic N) is 6. The summed E-state index contributed by atoms with van der Waals surface area (Å²) in [7, 11) is 0. The van der Waals surface area contributed by atoms with Crippen molar-refractivity contribution in [2.24, 2.45) is 10.2 Å². The third-order valence-corrected chi connectivity index (χ3v) is 8.54. The van der Waals surface area contributed by atoms with Crippen LogP contribution in [-0.2, 0) is 9.47 Å². The summed E-state index contributed by atoms with van der Waals surface area (Å²) in [6.45, 7) is 5.61. The van der Waals surface area contributed by atoms with Crippen molar-refractivity contribution in [1.29, 1.82) is 0 Å². The highest BCUT2D eigenvalue weighted by molar-refractivity contribution is 5.86. The maximum absolute atomic E-state index is 11.3. The van der Waals surface area contributed by atoms with Crippen LogP contribution in [-0.4, -0.2) is 84.7 Å². The fraction of sp³-hybridized carbons (Fsp3) is 0.353. The molecule has 238 valence electrons. The Morgan fingerprint density at radius 3 is 1.43 bits per heavy atom. The average Bonchev–Trinajstić information content (AvgIpc) is 3.67. The van der Waals surface area contributed by atoms with E-state index in [0.717, 1.165) is 96.7 Å². The Kier molecular flexibility index (Phi) is 9.75. The summed E-state index contributed by atoms with van der Waals surface area (Å²) >= 11 is 0. The quantitative estimate of drug-likeness (QED) is 0.194. The monoisotopic (exact) mass is 624 g/mol. The lowest BCUT2D eigenvalue weighted by atomic mass is 10.1. The van der Waals surface area contributed by atoms with Gasteiger partial charge in [0.15, 0.2) is 0 Å². The molecule has 0 amide bonds. The van der Waals surface area contributed by atoms with Gasteiger partial charge in [-0.05, 0) is 71.3 Å². The molecule has 2 aliphatic carbocycles. The predicted octanol–water partition coefficient (Wildman–Crippen LogP) is 5.79. The molecule has 12 nitrogen and oxygen atoms in total. The van der Waals surface area contributed by atoms with Crippen LogP contribution < -0.4 is 0 Å². The molecule has 2 heterocycles. The van der Waals surface area contributed by atoms with E-state index in [9.17, 15) is 20.2 Å². The minimum absolute atomic E-state index is 0.0705. The van der Waals surface area contributed by atoms with Gasteiger partial charge in [0.2, 0.25) is 0 Å². The number of nitro groups is 2. The fourth-order valence-corrected chi connectivity index (χ4v) is 6.41. The third kappa shape index (κ3) is 7.30. The van der Waals surface area contributed by atoms with E-state index in [1.807, 2.05) is 36.7 Å². The zero-order valence-corrected chi connectivity index (χ0v) is 25.5. The Morgan fingerprint density at radius 1 is 0.630 bits per heavy atom. The van der Waals surface area contributed by atoms with E-state index >= 15 is 0 Å². The molecule has 0 spiro atoms. The highest BCUT2D eigenvalue weighted by Gasteiger charge is 2.27. The van der Waals surface area contributed by atoms with Gasteiger partial charge in [-0.3, -0.25) is 20.2 Å². The second kappa shape index (κ2) is 14.4. The number of nitro benzene ring substituents is 2. The zero-order chi connectivity index (χ0) is 31.9. The van der Waals surface area contributed by atoms with E-state index in [1.54, 1.807) is 24.3 Å². The largest absolute Gasteiger partial charge is 0.378 e. The van der Waals surface area contributed by atoms with Crippen molar-refractivity contribution in [3.63, 3.8) is 0 Å². The molecule has 2 fully saturated rings. The highest BCUT2D eigenvalue weighted by Crippen LogP contribution is 2.37. The fourth-order valence-electron chi connectivity index (χ4n) is 6.41. The summed E-state index contributed by atoms with van der Waals surface area (Å²) < 4.78 is 11.2. The van der Waals surface area contributed by atoms with E-state index < -0.39 is 0 Å². The first kappa shape index (κ1) is 31.1.